The van der Waals surface area contributed by atoms with Crippen LogP contribution in [0.2, 0.25) is 0 Å². The Morgan fingerprint density at radius 1 is 0.880 bits per heavy atom. The van der Waals surface area contributed by atoms with Crippen molar-refractivity contribution in [2.75, 3.05) is 0 Å². The lowest BCUT2D eigenvalue weighted by molar-refractivity contribution is -0.660. The maximum absolute atomic E-state index is 9.15. The molecule has 0 unspecified atom stereocenters. The number of hydrogen-bond donors (Lipinski definition) is 0. The first-order valence-electron chi connectivity index (χ1n) is 8.32. The number of benzene rings is 2. The molecule has 122 valence electrons. The molecule has 0 amide bonds. The van der Waals surface area contributed by atoms with E-state index in [1.54, 1.807) is 6.07 Å². The average Bonchev–Trinajstić information content (AvgIpc) is 2.94. The maximum Gasteiger partial charge on any atom is 0.212 e. The van der Waals surface area contributed by atoms with Gasteiger partial charge in [0.25, 0.3) is 0 Å². The van der Waals surface area contributed by atoms with Crippen LogP contribution in [0.1, 0.15) is 22.3 Å². The standard InChI is InChI=1S/C22H19N2O/c1-13-8-20(24(4)12-15(13)3)17-10-22-18(7-14(17)2)19-9-16(11-23)5-6-21(19)25-22/h5-10,12H,1-4H3/q+1. The summed E-state index contributed by atoms with van der Waals surface area (Å²) < 4.78 is 8.20. The highest BCUT2D eigenvalue weighted by atomic mass is 16.3. The van der Waals surface area contributed by atoms with Crippen molar-refractivity contribution >= 4 is 21.9 Å². The summed E-state index contributed by atoms with van der Waals surface area (Å²) in [5.41, 5.74) is 8.39. The highest BCUT2D eigenvalue weighted by Gasteiger charge is 2.17. The van der Waals surface area contributed by atoms with Gasteiger partial charge in [-0.25, -0.2) is 4.57 Å². The molecule has 0 aliphatic carbocycles. The molecule has 0 atom stereocenters. The molecule has 25 heavy (non-hydrogen) atoms. The summed E-state index contributed by atoms with van der Waals surface area (Å²) in [6.07, 6.45) is 2.16. The molecule has 2 heterocycles. The molecule has 4 rings (SSSR count). The number of rotatable bonds is 1. The molecule has 2 aromatic heterocycles. The van der Waals surface area contributed by atoms with Crippen molar-refractivity contribution in [1.82, 2.24) is 0 Å². The van der Waals surface area contributed by atoms with Crippen molar-refractivity contribution in [1.29, 1.82) is 5.26 Å². The Hall–Kier alpha value is -3.12. The summed E-state index contributed by atoms with van der Waals surface area (Å²) in [5.74, 6) is 0. The van der Waals surface area contributed by atoms with Gasteiger partial charge in [-0.3, -0.25) is 0 Å². The van der Waals surface area contributed by atoms with Crippen LogP contribution in [-0.2, 0) is 7.05 Å². The van der Waals surface area contributed by atoms with E-state index in [1.165, 1.54) is 22.4 Å². The molecule has 4 aromatic rings. The molecule has 0 fully saturated rings. The Kier molecular flexibility index (Phi) is 3.36. The number of furan rings is 1. The average molecular weight is 327 g/mol. The van der Waals surface area contributed by atoms with Crippen LogP contribution in [0, 0.1) is 32.1 Å². The van der Waals surface area contributed by atoms with E-state index < -0.39 is 0 Å². The number of aromatic nitrogens is 1. The van der Waals surface area contributed by atoms with Gasteiger partial charge in [-0.2, -0.15) is 5.26 Å². The van der Waals surface area contributed by atoms with Crippen LogP contribution in [0.25, 0.3) is 33.2 Å². The van der Waals surface area contributed by atoms with Crippen LogP contribution in [0.3, 0.4) is 0 Å². The molecule has 0 saturated carbocycles. The van der Waals surface area contributed by atoms with Gasteiger partial charge in [0, 0.05) is 22.4 Å². The number of pyridine rings is 1. The minimum Gasteiger partial charge on any atom is -0.456 e. The van der Waals surface area contributed by atoms with E-state index in [9.17, 15) is 0 Å². The van der Waals surface area contributed by atoms with Crippen molar-refractivity contribution in [3.8, 4) is 17.3 Å². The quantitative estimate of drug-likeness (QED) is 0.468. The normalized spacial score (nSPS) is 11.2. The van der Waals surface area contributed by atoms with Gasteiger partial charge in [0.05, 0.1) is 17.2 Å². The first kappa shape index (κ1) is 15.4. The number of fused-ring (bicyclic) bond motifs is 3. The fourth-order valence-electron chi connectivity index (χ4n) is 3.43. The SMILES string of the molecule is Cc1cc(-c2cc3oc4ccc(C#N)cc4c3cc2C)[n+](C)cc1C. The maximum atomic E-state index is 9.15. The van der Waals surface area contributed by atoms with Crippen molar-refractivity contribution in [3.63, 3.8) is 0 Å². The predicted octanol–water partition coefficient (Wildman–Crippen LogP) is 4.87. The van der Waals surface area contributed by atoms with E-state index >= 15 is 0 Å². The lowest BCUT2D eigenvalue weighted by Crippen LogP contribution is -2.31. The van der Waals surface area contributed by atoms with Gasteiger partial charge in [-0.05, 0) is 62.2 Å². The highest BCUT2D eigenvalue weighted by molar-refractivity contribution is 6.06. The van der Waals surface area contributed by atoms with E-state index in [2.05, 4.69) is 62.9 Å². The monoisotopic (exact) mass is 327 g/mol. The molecule has 0 N–H and O–H groups in total. The number of aryl methyl sites for hydroxylation is 4. The van der Waals surface area contributed by atoms with Crippen LogP contribution in [-0.4, -0.2) is 0 Å². The zero-order valence-electron chi connectivity index (χ0n) is 14.8. The Labute approximate surface area is 146 Å². The van der Waals surface area contributed by atoms with E-state index in [1.807, 2.05) is 12.1 Å². The minimum atomic E-state index is 0.650. The third kappa shape index (κ3) is 2.38. The molecule has 0 aliphatic rings. The molecule has 3 nitrogen and oxygen atoms in total. The summed E-state index contributed by atoms with van der Waals surface area (Å²) in [7, 11) is 2.07. The summed E-state index contributed by atoms with van der Waals surface area (Å²) in [6.45, 7) is 6.38. The molecule has 0 aliphatic heterocycles. The van der Waals surface area contributed by atoms with E-state index in [0.717, 1.165) is 27.5 Å². The summed E-state index contributed by atoms with van der Waals surface area (Å²) in [6, 6.07) is 14.3. The summed E-state index contributed by atoms with van der Waals surface area (Å²) in [4.78, 5) is 0. The van der Waals surface area contributed by atoms with E-state index in [4.69, 9.17) is 9.68 Å². The number of hydrogen-bond acceptors (Lipinski definition) is 2. The summed E-state index contributed by atoms with van der Waals surface area (Å²) in [5, 5.41) is 11.2. The second-order valence-electron chi connectivity index (χ2n) is 6.72. The predicted molar refractivity (Wildman–Crippen MR) is 99.3 cm³/mol. The van der Waals surface area contributed by atoms with Crippen molar-refractivity contribution in [2.45, 2.75) is 20.8 Å². The fourth-order valence-corrected chi connectivity index (χ4v) is 3.43. The van der Waals surface area contributed by atoms with Gasteiger partial charge in [0.2, 0.25) is 5.69 Å². The third-order valence-electron chi connectivity index (χ3n) is 4.96. The van der Waals surface area contributed by atoms with Gasteiger partial charge in [0.1, 0.15) is 18.2 Å². The zero-order valence-corrected chi connectivity index (χ0v) is 14.8. The topological polar surface area (TPSA) is 40.8 Å². The van der Waals surface area contributed by atoms with E-state index in [-0.39, 0.29) is 0 Å². The number of nitrogens with zero attached hydrogens (tertiary/aromatic N) is 2. The van der Waals surface area contributed by atoms with Crippen molar-refractivity contribution < 1.29 is 8.98 Å². The largest absolute Gasteiger partial charge is 0.456 e. The van der Waals surface area contributed by atoms with E-state index in [0.29, 0.717) is 5.56 Å². The number of nitriles is 1. The molecule has 0 spiro atoms. The van der Waals surface area contributed by atoms with Crippen molar-refractivity contribution in [2.24, 2.45) is 7.05 Å². The molecule has 3 heteroatoms. The Morgan fingerprint density at radius 3 is 2.40 bits per heavy atom. The molecule has 0 radical (unpaired) electrons. The first-order chi connectivity index (χ1) is 12.0. The zero-order chi connectivity index (χ0) is 17.7. The van der Waals surface area contributed by atoms with Gasteiger partial charge in [0.15, 0.2) is 6.20 Å². The first-order valence-corrected chi connectivity index (χ1v) is 8.32. The molecular weight excluding hydrogens is 308 g/mol. The fraction of sp³-hybridized carbons (Fsp3) is 0.182. The van der Waals surface area contributed by atoms with Crippen LogP contribution >= 0.6 is 0 Å². The van der Waals surface area contributed by atoms with Gasteiger partial charge >= 0.3 is 0 Å². The molecule has 2 aromatic carbocycles. The molecular formula is C22H19N2O+. The van der Waals surface area contributed by atoms with Gasteiger partial charge in [-0.1, -0.05) is 0 Å². The Bertz CT molecular complexity index is 1190. The molecule has 0 bridgehead atoms. The summed E-state index contributed by atoms with van der Waals surface area (Å²) >= 11 is 0. The van der Waals surface area contributed by atoms with Crippen LogP contribution in [0.4, 0.5) is 0 Å². The lowest BCUT2D eigenvalue weighted by atomic mass is 9.99. The third-order valence-corrected chi connectivity index (χ3v) is 4.96. The second kappa shape index (κ2) is 5.46. The smallest absolute Gasteiger partial charge is 0.212 e. The second-order valence-corrected chi connectivity index (χ2v) is 6.72. The lowest BCUT2D eigenvalue weighted by Gasteiger charge is -2.07. The van der Waals surface area contributed by atoms with Crippen LogP contribution in [0.15, 0.2) is 47.0 Å². The van der Waals surface area contributed by atoms with Crippen LogP contribution < -0.4 is 4.57 Å². The Balaban J connectivity index is 2.01. The van der Waals surface area contributed by atoms with Gasteiger partial charge in [-0.15, -0.1) is 0 Å². The minimum absolute atomic E-state index is 0.650. The highest BCUT2D eigenvalue weighted by Crippen LogP contribution is 2.34. The Morgan fingerprint density at radius 2 is 1.64 bits per heavy atom. The van der Waals surface area contributed by atoms with Crippen molar-refractivity contribution in [3.05, 3.63) is 64.8 Å². The van der Waals surface area contributed by atoms with Gasteiger partial charge < -0.3 is 4.42 Å². The van der Waals surface area contributed by atoms with Crippen LogP contribution in [0.5, 0.6) is 0 Å². The molecule has 0 saturated heterocycles.